The maximum Gasteiger partial charge on any atom is 0.319 e. The zero-order valence-corrected chi connectivity index (χ0v) is 18.5. The number of halogens is 1. The number of rotatable bonds is 5. The van der Waals surface area contributed by atoms with Crippen LogP contribution in [0.5, 0.6) is 0 Å². The number of benzene rings is 1. The average Bonchev–Trinajstić information content (AvgIpc) is 3.02. The molecule has 2 amide bonds. The molecule has 1 saturated heterocycles. The van der Waals surface area contributed by atoms with Gasteiger partial charge in [-0.2, -0.15) is 0 Å². The van der Waals surface area contributed by atoms with E-state index < -0.39 is 11.6 Å². The summed E-state index contributed by atoms with van der Waals surface area (Å²) in [6.45, 7) is 5.56. The SMILES string of the molecule is CC1(C)c2cnc(NC3CCOCC3)nc2CN1C(=O)N[C@H](CO)c1cccc(Cl)c1. The Morgan fingerprint density at radius 2 is 2.16 bits per heavy atom. The van der Waals surface area contributed by atoms with Crippen LogP contribution in [-0.4, -0.2) is 51.9 Å². The molecular weight excluding hydrogens is 418 g/mol. The number of hydrogen-bond donors (Lipinski definition) is 3. The maximum atomic E-state index is 13.2. The monoisotopic (exact) mass is 445 g/mol. The Labute approximate surface area is 187 Å². The predicted octanol–water partition coefficient (Wildman–Crippen LogP) is 3.21. The van der Waals surface area contributed by atoms with Crippen molar-refractivity contribution >= 4 is 23.6 Å². The second-order valence-electron chi connectivity index (χ2n) is 8.47. The number of aromatic nitrogens is 2. The Bertz CT molecular complexity index is 948. The zero-order valence-electron chi connectivity index (χ0n) is 17.8. The third-order valence-corrected chi connectivity index (χ3v) is 6.28. The van der Waals surface area contributed by atoms with E-state index in [1.54, 1.807) is 29.3 Å². The Hall–Kier alpha value is -2.42. The number of nitrogens with one attached hydrogen (secondary N) is 2. The van der Waals surface area contributed by atoms with Gasteiger partial charge in [0.05, 0.1) is 30.4 Å². The van der Waals surface area contributed by atoms with Gasteiger partial charge in [-0.05, 0) is 44.4 Å². The second kappa shape index (κ2) is 8.98. The Morgan fingerprint density at radius 3 is 2.87 bits per heavy atom. The first-order chi connectivity index (χ1) is 14.9. The van der Waals surface area contributed by atoms with Gasteiger partial charge in [0.15, 0.2) is 0 Å². The number of carbonyl (C=O) groups is 1. The fraction of sp³-hybridized carbons (Fsp3) is 0.500. The normalized spacial score (nSPS) is 19.0. The third-order valence-electron chi connectivity index (χ3n) is 6.04. The molecule has 0 unspecified atom stereocenters. The van der Waals surface area contributed by atoms with Crippen LogP contribution in [0.25, 0.3) is 0 Å². The topological polar surface area (TPSA) is 99.6 Å². The molecule has 2 aromatic rings. The standard InChI is InChI=1S/C22H28ClN5O3/c1-22(2)17-11-24-20(25-16-6-8-31-9-7-16)26-18(17)12-28(22)21(30)27-19(13-29)14-4-3-5-15(23)10-14/h3-5,10-11,16,19,29H,6-9,12-13H2,1-2H3,(H,27,30)(H,24,25,26)/t19-/m1/s1. The molecule has 31 heavy (non-hydrogen) atoms. The van der Waals surface area contributed by atoms with Crippen LogP contribution in [0.15, 0.2) is 30.5 Å². The summed E-state index contributed by atoms with van der Waals surface area (Å²) >= 11 is 6.07. The van der Waals surface area contributed by atoms with Gasteiger partial charge in [0.25, 0.3) is 0 Å². The molecule has 8 nitrogen and oxygen atoms in total. The van der Waals surface area contributed by atoms with E-state index in [2.05, 4.69) is 15.6 Å². The maximum absolute atomic E-state index is 13.2. The fourth-order valence-electron chi connectivity index (χ4n) is 4.15. The highest BCUT2D eigenvalue weighted by Crippen LogP contribution is 2.38. The highest BCUT2D eigenvalue weighted by Gasteiger charge is 2.42. The van der Waals surface area contributed by atoms with E-state index in [0.29, 0.717) is 23.6 Å². The van der Waals surface area contributed by atoms with Gasteiger partial charge in [-0.25, -0.2) is 14.8 Å². The molecule has 0 aliphatic carbocycles. The third kappa shape index (κ3) is 4.61. The minimum absolute atomic E-state index is 0.230. The number of amides is 2. The summed E-state index contributed by atoms with van der Waals surface area (Å²) in [6, 6.07) is 6.59. The van der Waals surface area contributed by atoms with Crippen molar-refractivity contribution < 1.29 is 14.6 Å². The molecule has 0 bridgehead atoms. The van der Waals surface area contributed by atoms with Crippen molar-refractivity contribution in [3.63, 3.8) is 0 Å². The average molecular weight is 446 g/mol. The second-order valence-corrected chi connectivity index (χ2v) is 8.91. The number of ether oxygens (including phenoxy) is 1. The van der Waals surface area contributed by atoms with Gasteiger partial charge in [0.2, 0.25) is 5.95 Å². The summed E-state index contributed by atoms with van der Waals surface area (Å²) in [7, 11) is 0. The highest BCUT2D eigenvalue weighted by atomic mass is 35.5. The summed E-state index contributed by atoms with van der Waals surface area (Å²) in [5, 5.41) is 16.7. The van der Waals surface area contributed by atoms with Crippen LogP contribution < -0.4 is 10.6 Å². The van der Waals surface area contributed by atoms with Crippen molar-refractivity contribution in [1.82, 2.24) is 20.2 Å². The molecule has 1 fully saturated rings. The van der Waals surface area contributed by atoms with Crippen LogP contribution in [0.1, 0.15) is 49.6 Å². The van der Waals surface area contributed by atoms with Gasteiger partial charge in [-0.1, -0.05) is 23.7 Å². The molecule has 4 rings (SSSR count). The van der Waals surface area contributed by atoms with E-state index in [0.717, 1.165) is 42.9 Å². The Morgan fingerprint density at radius 1 is 1.39 bits per heavy atom. The summed E-state index contributed by atoms with van der Waals surface area (Å²) in [4.78, 5) is 24.1. The molecule has 3 heterocycles. The molecule has 2 aliphatic rings. The number of fused-ring (bicyclic) bond motifs is 1. The lowest BCUT2D eigenvalue weighted by molar-refractivity contribution is 0.0903. The largest absolute Gasteiger partial charge is 0.394 e. The Balaban J connectivity index is 1.48. The molecule has 1 aromatic carbocycles. The van der Waals surface area contributed by atoms with Crippen LogP contribution in [0.2, 0.25) is 5.02 Å². The molecule has 3 N–H and O–H groups in total. The summed E-state index contributed by atoms with van der Waals surface area (Å²) in [5.41, 5.74) is 1.92. The van der Waals surface area contributed by atoms with E-state index in [1.165, 1.54) is 0 Å². The molecular formula is C22H28ClN5O3. The lowest BCUT2D eigenvalue weighted by atomic mass is 9.97. The van der Waals surface area contributed by atoms with E-state index >= 15 is 0 Å². The van der Waals surface area contributed by atoms with Gasteiger partial charge < -0.3 is 25.4 Å². The van der Waals surface area contributed by atoms with E-state index in [1.807, 2.05) is 19.9 Å². The fourth-order valence-corrected chi connectivity index (χ4v) is 4.34. The van der Waals surface area contributed by atoms with Crippen LogP contribution in [0, 0.1) is 0 Å². The van der Waals surface area contributed by atoms with Crippen LogP contribution in [-0.2, 0) is 16.8 Å². The molecule has 1 atom stereocenters. The number of hydrogen-bond acceptors (Lipinski definition) is 6. The van der Waals surface area contributed by atoms with Crippen LogP contribution in [0.4, 0.5) is 10.7 Å². The van der Waals surface area contributed by atoms with E-state index in [9.17, 15) is 9.90 Å². The highest BCUT2D eigenvalue weighted by molar-refractivity contribution is 6.30. The molecule has 2 aliphatic heterocycles. The number of nitrogens with zero attached hydrogens (tertiary/aromatic N) is 3. The lowest BCUT2D eigenvalue weighted by Crippen LogP contribution is -2.47. The predicted molar refractivity (Wildman–Crippen MR) is 118 cm³/mol. The summed E-state index contributed by atoms with van der Waals surface area (Å²) in [5.74, 6) is 0.580. The number of carbonyl (C=O) groups excluding carboxylic acids is 1. The van der Waals surface area contributed by atoms with E-state index in [-0.39, 0.29) is 12.6 Å². The smallest absolute Gasteiger partial charge is 0.319 e. The minimum Gasteiger partial charge on any atom is -0.394 e. The van der Waals surface area contributed by atoms with Crippen molar-refractivity contribution in [3.05, 3.63) is 52.3 Å². The quantitative estimate of drug-likeness (QED) is 0.653. The molecule has 9 heteroatoms. The van der Waals surface area contributed by atoms with Crippen LogP contribution >= 0.6 is 11.6 Å². The zero-order chi connectivity index (χ0) is 22.0. The van der Waals surface area contributed by atoms with Gasteiger partial charge in [0.1, 0.15) is 0 Å². The van der Waals surface area contributed by atoms with E-state index in [4.69, 9.17) is 21.3 Å². The van der Waals surface area contributed by atoms with Crippen LogP contribution in [0.3, 0.4) is 0 Å². The van der Waals surface area contributed by atoms with Crippen molar-refractivity contribution in [2.75, 3.05) is 25.1 Å². The van der Waals surface area contributed by atoms with Crippen molar-refractivity contribution in [3.8, 4) is 0 Å². The molecule has 0 radical (unpaired) electrons. The first-order valence-corrected chi connectivity index (χ1v) is 10.9. The van der Waals surface area contributed by atoms with Gasteiger partial charge in [-0.3, -0.25) is 0 Å². The Kier molecular flexibility index (Phi) is 6.31. The molecule has 1 aromatic heterocycles. The lowest BCUT2D eigenvalue weighted by Gasteiger charge is -2.33. The van der Waals surface area contributed by atoms with Crippen molar-refractivity contribution in [2.45, 2.75) is 50.9 Å². The van der Waals surface area contributed by atoms with Gasteiger partial charge in [-0.15, -0.1) is 0 Å². The minimum atomic E-state index is -0.578. The first-order valence-electron chi connectivity index (χ1n) is 10.5. The van der Waals surface area contributed by atoms with Crippen molar-refractivity contribution in [1.29, 1.82) is 0 Å². The molecule has 0 saturated carbocycles. The van der Waals surface area contributed by atoms with Crippen molar-refractivity contribution in [2.24, 2.45) is 0 Å². The number of urea groups is 1. The number of aliphatic hydroxyl groups excluding tert-OH is 1. The summed E-state index contributed by atoms with van der Waals surface area (Å²) in [6.07, 6.45) is 3.65. The van der Waals surface area contributed by atoms with Gasteiger partial charge >= 0.3 is 6.03 Å². The summed E-state index contributed by atoms with van der Waals surface area (Å²) < 4.78 is 5.40. The van der Waals surface area contributed by atoms with Gasteiger partial charge in [0, 0.05) is 36.0 Å². The molecule has 0 spiro atoms. The number of aliphatic hydroxyl groups is 1. The molecule has 166 valence electrons. The number of anilines is 1. The first kappa shape index (κ1) is 21.8.